The molecule has 2 atom stereocenters. The Labute approximate surface area is 109 Å². The van der Waals surface area contributed by atoms with E-state index in [2.05, 4.69) is 33.0 Å². The van der Waals surface area contributed by atoms with Gasteiger partial charge in [-0.25, -0.2) is 4.98 Å². The van der Waals surface area contributed by atoms with Gasteiger partial charge in [0.2, 0.25) is 0 Å². The molecule has 1 N–H and O–H groups in total. The van der Waals surface area contributed by atoms with Crippen molar-refractivity contribution < 1.29 is 0 Å². The first-order valence-electron chi connectivity index (χ1n) is 6.79. The summed E-state index contributed by atoms with van der Waals surface area (Å²) in [5.41, 5.74) is 1.36. The summed E-state index contributed by atoms with van der Waals surface area (Å²) in [5.74, 6) is 0.696. The smallest absolute Gasteiger partial charge is 0.114 e. The van der Waals surface area contributed by atoms with E-state index in [1.165, 1.54) is 41.3 Å². The summed E-state index contributed by atoms with van der Waals surface area (Å²) in [6, 6.07) is 0. The van der Waals surface area contributed by atoms with Gasteiger partial charge < -0.3 is 5.32 Å². The van der Waals surface area contributed by atoms with Crippen molar-refractivity contribution in [2.24, 2.45) is 5.92 Å². The third-order valence-corrected chi connectivity index (χ3v) is 5.45. The number of nitrogens with zero attached hydrogens (tertiary/aromatic N) is 1. The number of rotatable bonds is 3. The van der Waals surface area contributed by atoms with Crippen molar-refractivity contribution in [3.63, 3.8) is 0 Å². The molecule has 0 bridgehead atoms. The molecule has 2 rings (SSSR count). The van der Waals surface area contributed by atoms with E-state index in [4.69, 9.17) is 4.98 Å². The van der Waals surface area contributed by atoms with Gasteiger partial charge in [0.25, 0.3) is 0 Å². The molecular formula is C14H24N2S. The number of hydrogen-bond donors (Lipinski definition) is 1. The third-order valence-electron chi connectivity index (χ3n) is 4.20. The summed E-state index contributed by atoms with van der Waals surface area (Å²) < 4.78 is 0. The summed E-state index contributed by atoms with van der Waals surface area (Å²) in [5, 5.41) is 5.07. The normalized spacial score (nSPS) is 29.5. The monoisotopic (exact) mass is 252 g/mol. The Kier molecular flexibility index (Phi) is 3.88. The quantitative estimate of drug-likeness (QED) is 0.885. The Balaban J connectivity index is 2.38. The molecule has 1 aliphatic rings. The topological polar surface area (TPSA) is 24.9 Å². The lowest BCUT2D eigenvalue weighted by atomic mass is 9.74. The van der Waals surface area contributed by atoms with Crippen LogP contribution >= 0.6 is 11.3 Å². The second kappa shape index (κ2) is 5.07. The van der Waals surface area contributed by atoms with E-state index in [-0.39, 0.29) is 5.54 Å². The van der Waals surface area contributed by atoms with Crippen LogP contribution in [0, 0.1) is 19.8 Å². The number of nitrogens with one attached hydrogen (secondary N) is 1. The van der Waals surface area contributed by atoms with Crippen LogP contribution in [0.25, 0.3) is 0 Å². The van der Waals surface area contributed by atoms with Crippen LogP contribution in [0.1, 0.15) is 55.1 Å². The molecule has 0 spiro atoms. The molecule has 0 radical (unpaired) electrons. The first kappa shape index (κ1) is 13.0. The lowest BCUT2D eigenvalue weighted by Crippen LogP contribution is -2.49. The van der Waals surface area contributed by atoms with Crippen molar-refractivity contribution in [2.45, 2.75) is 58.9 Å². The summed E-state index contributed by atoms with van der Waals surface area (Å²) in [6.07, 6.45) is 5.27. The third kappa shape index (κ3) is 2.27. The van der Waals surface area contributed by atoms with Gasteiger partial charge in [-0.3, -0.25) is 0 Å². The van der Waals surface area contributed by atoms with Gasteiger partial charge in [-0.1, -0.05) is 26.7 Å². The van der Waals surface area contributed by atoms with Crippen LogP contribution in [0.2, 0.25) is 0 Å². The van der Waals surface area contributed by atoms with E-state index in [0.717, 1.165) is 6.54 Å². The van der Waals surface area contributed by atoms with E-state index >= 15 is 0 Å². The van der Waals surface area contributed by atoms with Crippen molar-refractivity contribution in [3.05, 3.63) is 15.6 Å². The zero-order chi connectivity index (χ0) is 12.5. The maximum Gasteiger partial charge on any atom is 0.114 e. The SMILES string of the molecule is CCNC1(c2nc(C)c(C)s2)CCCCC1C. The molecule has 0 amide bonds. The van der Waals surface area contributed by atoms with Crippen molar-refractivity contribution in [2.75, 3.05) is 6.54 Å². The number of thiazole rings is 1. The molecule has 2 nitrogen and oxygen atoms in total. The Morgan fingerprint density at radius 2 is 2.18 bits per heavy atom. The summed E-state index contributed by atoms with van der Waals surface area (Å²) >= 11 is 1.89. The fourth-order valence-corrected chi connectivity index (χ4v) is 4.21. The predicted molar refractivity (Wildman–Crippen MR) is 74.6 cm³/mol. The molecule has 1 saturated carbocycles. The average Bonchev–Trinajstić information content (AvgIpc) is 2.63. The van der Waals surface area contributed by atoms with Crippen LogP contribution in [-0.4, -0.2) is 11.5 Å². The zero-order valence-corrected chi connectivity index (χ0v) is 12.3. The van der Waals surface area contributed by atoms with Crippen molar-refractivity contribution >= 4 is 11.3 Å². The van der Waals surface area contributed by atoms with Gasteiger partial charge >= 0.3 is 0 Å². The van der Waals surface area contributed by atoms with Crippen LogP contribution in [0.3, 0.4) is 0 Å². The Morgan fingerprint density at radius 3 is 2.71 bits per heavy atom. The molecule has 1 fully saturated rings. The van der Waals surface area contributed by atoms with Crippen LogP contribution in [-0.2, 0) is 5.54 Å². The highest BCUT2D eigenvalue weighted by Gasteiger charge is 2.41. The first-order valence-corrected chi connectivity index (χ1v) is 7.61. The fraction of sp³-hybridized carbons (Fsp3) is 0.786. The number of hydrogen-bond acceptors (Lipinski definition) is 3. The van der Waals surface area contributed by atoms with E-state index in [9.17, 15) is 0 Å². The maximum atomic E-state index is 4.83. The number of aromatic nitrogens is 1. The lowest BCUT2D eigenvalue weighted by molar-refractivity contribution is 0.156. The second-order valence-electron chi connectivity index (χ2n) is 5.31. The maximum absolute atomic E-state index is 4.83. The highest BCUT2D eigenvalue weighted by atomic mass is 32.1. The minimum atomic E-state index is 0.149. The molecule has 1 aromatic heterocycles. The zero-order valence-electron chi connectivity index (χ0n) is 11.5. The Bertz CT molecular complexity index is 362. The molecule has 1 aliphatic carbocycles. The van der Waals surface area contributed by atoms with Crippen LogP contribution in [0.15, 0.2) is 0 Å². The van der Waals surface area contributed by atoms with Gasteiger partial charge in [0, 0.05) is 4.88 Å². The highest BCUT2D eigenvalue weighted by Crippen LogP contribution is 2.43. The lowest BCUT2D eigenvalue weighted by Gasteiger charge is -2.42. The largest absolute Gasteiger partial charge is 0.305 e. The van der Waals surface area contributed by atoms with E-state index < -0.39 is 0 Å². The highest BCUT2D eigenvalue weighted by molar-refractivity contribution is 7.11. The van der Waals surface area contributed by atoms with Gasteiger partial charge in [-0.15, -0.1) is 11.3 Å². The Hall–Kier alpha value is -0.410. The minimum absolute atomic E-state index is 0.149. The van der Waals surface area contributed by atoms with E-state index in [1.807, 2.05) is 11.3 Å². The molecule has 3 heteroatoms. The summed E-state index contributed by atoms with van der Waals surface area (Å²) in [4.78, 5) is 6.20. The van der Waals surface area contributed by atoms with Crippen molar-refractivity contribution in [1.82, 2.24) is 10.3 Å². The molecule has 0 aliphatic heterocycles. The van der Waals surface area contributed by atoms with E-state index in [1.54, 1.807) is 0 Å². The van der Waals surface area contributed by atoms with Gasteiger partial charge in [0.1, 0.15) is 5.01 Å². The molecular weight excluding hydrogens is 228 g/mol. The van der Waals surface area contributed by atoms with Gasteiger partial charge in [0.05, 0.1) is 11.2 Å². The molecule has 0 saturated heterocycles. The van der Waals surface area contributed by atoms with Crippen LogP contribution in [0.4, 0.5) is 0 Å². The molecule has 1 heterocycles. The summed E-state index contributed by atoms with van der Waals surface area (Å²) in [6.45, 7) is 9.93. The standard InChI is InChI=1S/C14H24N2S/c1-5-15-14(9-7-6-8-10(14)2)13-16-11(3)12(4)17-13/h10,15H,5-9H2,1-4H3. The van der Waals surface area contributed by atoms with Gasteiger partial charge in [-0.05, 0) is 39.2 Å². The minimum Gasteiger partial charge on any atom is -0.305 e. The fourth-order valence-electron chi connectivity index (χ4n) is 2.98. The Morgan fingerprint density at radius 1 is 1.41 bits per heavy atom. The van der Waals surface area contributed by atoms with Crippen LogP contribution in [0.5, 0.6) is 0 Å². The van der Waals surface area contributed by atoms with Gasteiger partial charge in [0.15, 0.2) is 0 Å². The first-order chi connectivity index (χ1) is 8.10. The van der Waals surface area contributed by atoms with Crippen molar-refractivity contribution in [3.8, 4) is 0 Å². The van der Waals surface area contributed by atoms with Crippen molar-refractivity contribution in [1.29, 1.82) is 0 Å². The molecule has 1 aromatic rings. The molecule has 0 aromatic carbocycles. The second-order valence-corrected chi connectivity index (χ2v) is 6.51. The predicted octanol–water partition coefficient (Wildman–Crippen LogP) is 3.77. The number of aryl methyl sites for hydroxylation is 2. The van der Waals surface area contributed by atoms with Crippen LogP contribution < -0.4 is 5.32 Å². The molecule has 17 heavy (non-hydrogen) atoms. The van der Waals surface area contributed by atoms with Gasteiger partial charge in [-0.2, -0.15) is 0 Å². The molecule has 2 unspecified atom stereocenters. The molecule has 96 valence electrons. The summed E-state index contributed by atoms with van der Waals surface area (Å²) in [7, 11) is 0. The average molecular weight is 252 g/mol. The van der Waals surface area contributed by atoms with E-state index in [0.29, 0.717) is 5.92 Å².